The maximum absolute atomic E-state index is 12.2. The van der Waals surface area contributed by atoms with Crippen LogP contribution in [0, 0.1) is 0 Å². The van der Waals surface area contributed by atoms with Gasteiger partial charge in [0.1, 0.15) is 0 Å². The summed E-state index contributed by atoms with van der Waals surface area (Å²) in [4.78, 5) is 24.8. The fraction of sp³-hybridized carbons (Fsp3) is 0.846. The highest BCUT2D eigenvalue weighted by molar-refractivity contribution is 8.00. The van der Waals surface area contributed by atoms with Crippen molar-refractivity contribution in [1.82, 2.24) is 10.2 Å². The van der Waals surface area contributed by atoms with Gasteiger partial charge in [0, 0.05) is 30.1 Å². The summed E-state index contributed by atoms with van der Waals surface area (Å²) in [5.41, 5.74) is 0. The van der Waals surface area contributed by atoms with Crippen molar-refractivity contribution in [3.05, 3.63) is 0 Å². The number of carbonyl (C=O) groups is 2. The topological polar surface area (TPSA) is 78.9 Å². The van der Waals surface area contributed by atoms with Crippen LogP contribution in [0.4, 0.5) is 4.79 Å². The molecule has 0 aliphatic carbocycles. The second-order valence-corrected chi connectivity index (χ2v) is 6.84. The van der Waals surface area contributed by atoms with Gasteiger partial charge in [-0.25, -0.2) is 9.59 Å². The normalized spacial score (nSPS) is 34.0. The molecule has 2 N–H and O–H groups in total. The van der Waals surface area contributed by atoms with E-state index < -0.39 is 12.1 Å². The molecule has 0 saturated carbocycles. The van der Waals surface area contributed by atoms with E-state index in [9.17, 15) is 9.59 Å². The number of carbonyl (C=O) groups excluding carboxylic acids is 1. The van der Waals surface area contributed by atoms with Gasteiger partial charge in [0.15, 0.2) is 6.10 Å². The van der Waals surface area contributed by atoms with Crippen LogP contribution < -0.4 is 5.32 Å². The van der Waals surface area contributed by atoms with Crippen LogP contribution in [0.15, 0.2) is 0 Å². The number of carboxylic acid groups (broad SMARTS) is 1. The third-order valence-corrected chi connectivity index (χ3v) is 5.35. The Balaban J connectivity index is 1.76. The van der Waals surface area contributed by atoms with Crippen LogP contribution in [0.2, 0.25) is 0 Å². The van der Waals surface area contributed by atoms with Crippen LogP contribution in [0.25, 0.3) is 0 Å². The molecule has 114 valence electrons. The van der Waals surface area contributed by atoms with Gasteiger partial charge >= 0.3 is 12.0 Å². The molecule has 0 radical (unpaired) electrons. The summed E-state index contributed by atoms with van der Waals surface area (Å²) >= 11 is 1.88. The molecule has 0 spiro atoms. The first-order valence-corrected chi connectivity index (χ1v) is 8.08. The number of carboxylic acids is 1. The molecule has 2 amide bonds. The van der Waals surface area contributed by atoms with Crippen LogP contribution in [-0.2, 0) is 9.53 Å². The van der Waals surface area contributed by atoms with Crippen LogP contribution in [-0.4, -0.2) is 64.3 Å². The Labute approximate surface area is 123 Å². The summed E-state index contributed by atoms with van der Waals surface area (Å²) in [5.74, 6) is 0.0364. The van der Waals surface area contributed by atoms with Crippen molar-refractivity contribution in [2.45, 2.75) is 50.2 Å². The van der Waals surface area contributed by atoms with Gasteiger partial charge in [-0.2, -0.15) is 11.8 Å². The Kier molecular flexibility index (Phi) is 5.15. The molecule has 0 aromatic carbocycles. The van der Waals surface area contributed by atoms with Crippen molar-refractivity contribution in [1.29, 1.82) is 0 Å². The molecule has 6 nitrogen and oxygen atoms in total. The molecule has 2 rings (SSSR count). The van der Waals surface area contributed by atoms with E-state index in [1.807, 2.05) is 16.7 Å². The van der Waals surface area contributed by atoms with Crippen LogP contribution in [0.5, 0.6) is 0 Å². The zero-order valence-corrected chi connectivity index (χ0v) is 12.7. The third kappa shape index (κ3) is 3.58. The molecule has 2 heterocycles. The predicted molar refractivity (Wildman–Crippen MR) is 77.0 cm³/mol. The number of nitrogens with one attached hydrogen (secondary N) is 1. The molecule has 0 bridgehead atoms. The van der Waals surface area contributed by atoms with E-state index in [0.717, 1.165) is 12.3 Å². The van der Waals surface area contributed by atoms with Crippen molar-refractivity contribution >= 4 is 23.8 Å². The average Bonchev–Trinajstić information content (AvgIpc) is 2.88. The van der Waals surface area contributed by atoms with E-state index >= 15 is 0 Å². The minimum atomic E-state index is -0.922. The third-order valence-electron chi connectivity index (χ3n) is 4.01. The minimum absolute atomic E-state index is 0.0768. The summed E-state index contributed by atoms with van der Waals surface area (Å²) in [6.07, 6.45) is 0.289. The highest BCUT2D eigenvalue weighted by atomic mass is 32.2. The van der Waals surface area contributed by atoms with Crippen molar-refractivity contribution in [3.63, 3.8) is 0 Å². The van der Waals surface area contributed by atoms with Gasteiger partial charge in [0.2, 0.25) is 0 Å². The lowest BCUT2D eigenvalue weighted by atomic mass is 10.2. The molecule has 2 saturated heterocycles. The maximum atomic E-state index is 12.2. The largest absolute Gasteiger partial charge is 0.479 e. The fourth-order valence-electron chi connectivity index (χ4n) is 2.56. The molecule has 4 atom stereocenters. The molecule has 0 aromatic rings. The standard InChI is InChI=1S/C13H22N2O4S/c1-8-9(2)20-6-5-15(8)13(18)14-7-10-3-4-11(19-10)12(16)17/h8-11H,3-7H2,1-2H3,(H,14,18)(H,16,17). The maximum Gasteiger partial charge on any atom is 0.332 e. The number of ether oxygens (including phenoxy) is 1. The number of aliphatic carboxylic acids is 1. The Morgan fingerprint density at radius 3 is 2.80 bits per heavy atom. The zero-order chi connectivity index (χ0) is 14.7. The number of urea groups is 1. The molecular formula is C13H22N2O4S. The Hall–Kier alpha value is -0.950. The van der Waals surface area contributed by atoms with E-state index in [-0.39, 0.29) is 18.2 Å². The van der Waals surface area contributed by atoms with Crippen molar-refractivity contribution in [2.75, 3.05) is 18.8 Å². The SMILES string of the molecule is CC1SCCN(C(=O)NCC2CCC(C(=O)O)O2)C1C. The molecule has 2 fully saturated rings. The summed E-state index contributed by atoms with van der Waals surface area (Å²) in [6.45, 7) is 5.33. The first kappa shape index (κ1) is 15.4. The predicted octanol–water partition coefficient (Wildman–Crippen LogP) is 1.15. The summed E-state index contributed by atoms with van der Waals surface area (Å²) in [6, 6.07) is 0.136. The Morgan fingerprint density at radius 1 is 1.40 bits per heavy atom. The zero-order valence-electron chi connectivity index (χ0n) is 11.9. The van der Waals surface area contributed by atoms with Crippen molar-refractivity contribution in [3.8, 4) is 0 Å². The van der Waals surface area contributed by atoms with E-state index in [2.05, 4.69) is 19.2 Å². The lowest BCUT2D eigenvalue weighted by Gasteiger charge is -2.37. The smallest absolute Gasteiger partial charge is 0.332 e. The molecule has 4 unspecified atom stereocenters. The monoisotopic (exact) mass is 302 g/mol. The second kappa shape index (κ2) is 6.67. The van der Waals surface area contributed by atoms with E-state index in [1.165, 1.54) is 0 Å². The molecule has 2 aliphatic heterocycles. The van der Waals surface area contributed by atoms with Gasteiger partial charge in [-0.15, -0.1) is 0 Å². The molecule has 0 aromatic heterocycles. The quantitative estimate of drug-likeness (QED) is 0.818. The fourth-order valence-corrected chi connectivity index (χ4v) is 3.66. The summed E-state index contributed by atoms with van der Waals surface area (Å²) in [7, 11) is 0. The Bertz CT molecular complexity index is 379. The highest BCUT2D eigenvalue weighted by Crippen LogP contribution is 2.24. The number of rotatable bonds is 3. The molecular weight excluding hydrogens is 280 g/mol. The highest BCUT2D eigenvalue weighted by Gasteiger charge is 2.32. The lowest BCUT2D eigenvalue weighted by Crippen LogP contribution is -2.52. The van der Waals surface area contributed by atoms with Gasteiger partial charge in [-0.05, 0) is 19.8 Å². The minimum Gasteiger partial charge on any atom is -0.479 e. The van der Waals surface area contributed by atoms with E-state index in [4.69, 9.17) is 9.84 Å². The van der Waals surface area contributed by atoms with Crippen LogP contribution in [0.1, 0.15) is 26.7 Å². The van der Waals surface area contributed by atoms with Crippen molar-refractivity contribution in [2.24, 2.45) is 0 Å². The van der Waals surface area contributed by atoms with Crippen molar-refractivity contribution < 1.29 is 19.4 Å². The van der Waals surface area contributed by atoms with E-state index in [0.29, 0.717) is 24.6 Å². The number of amides is 2. The van der Waals surface area contributed by atoms with Gasteiger partial charge in [-0.1, -0.05) is 6.92 Å². The summed E-state index contributed by atoms with van der Waals surface area (Å²) in [5, 5.41) is 12.2. The van der Waals surface area contributed by atoms with E-state index in [1.54, 1.807) is 0 Å². The van der Waals surface area contributed by atoms with Crippen LogP contribution in [0.3, 0.4) is 0 Å². The average molecular weight is 302 g/mol. The van der Waals surface area contributed by atoms with Gasteiger partial charge in [0.25, 0.3) is 0 Å². The molecule has 7 heteroatoms. The lowest BCUT2D eigenvalue weighted by molar-refractivity contribution is -0.149. The van der Waals surface area contributed by atoms with Gasteiger partial charge in [-0.3, -0.25) is 0 Å². The number of hydrogen-bond donors (Lipinski definition) is 2. The second-order valence-electron chi connectivity index (χ2n) is 5.36. The van der Waals surface area contributed by atoms with Gasteiger partial charge < -0.3 is 20.1 Å². The first-order valence-electron chi connectivity index (χ1n) is 7.03. The van der Waals surface area contributed by atoms with Gasteiger partial charge in [0.05, 0.1) is 6.10 Å². The molecule has 20 heavy (non-hydrogen) atoms. The Morgan fingerprint density at radius 2 is 2.15 bits per heavy atom. The first-order chi connectivity index (χ1) is 9.49. The number of thioether (sulfide) groups is 1. The van der Waals surface area contributed by atoms with Crippen LogP contribution >= 0.6 is 11.8 Å². The number of nitrogens with zero attached hydrogens (tertiary/aromatic N) is 1. The number of hydrogen-bond acceptors (Lipinski definition) is 4. The summed E-state index contributed by atoms with van der Waals surface area (Å²) < 4.78 is 5.37. The molecule has 2 aliphatic rings.